The third kappa shape index (κ3) is 5.54. The maximum absolute atomic E-state index is 12.9. The number of aryl methyl sites for hydroxylation is 1. The van der Waals surface area contributed by atoms with Gasteiger partial charge in [0, 0.05) is 5.92 Å². The number of ether oxygens (including phenoxy) is 1. The number of hydrogen-bond acceptors (Lipinski definition) is 4. The molecule has 0 aliphatic rings. The molecule has 0 saturated carbocycles. The Morgan fingerprint density at radius 1 is 0.839 bits per heavy atom. The van der Waals surface area contributed by atoms with Crippen molar-refractivity contribution >= 4 is 23.2 Å². The summed E-state index contributed by atoms with van der Waals surface area (Å²) in [7, 11) is 0. The molecule has 3 rings (SSSR count). The standard InChI is InChI=1S/C27H27NO3/c1-4-31-27(30)24(20(3)29)26(28-23-17-15-19(2)16-18-23)25(21-11-7-5-8-12-21)22-13-9-6-10-14-22/h5-18,24-25H,4H2,1-3H3. The number of Topliss-reactive ketones (excluding diaryl/α,β-unsaturated/α-hetero) is 1. The van der Waals surface area contributed by atoms with Gasteiger partial charge in [0.2, 0.25) is 0 Å². The van der Waals surface area contributed by atoms with Gasteiger partial charge < -0.3 is 4.74 Å². The molecule has 0 bridgehead atoms. The molecule has 0 radical (unpaired) electrons. The van der Waals surface area contributed by atoms with E-state index in [0.717, 1.165) is 16.7 Å². The van der Waals surface area contributed by atoms with Gasteiger partial charge in [0.25, 0.3) is 0 Å². The quantitative estimate of drug-likeness (QED) is 0.272. The van der Waals surface area contributed by atoms with E-state index < -0.39 is 11.9 Å². The molecule has 158 valence electrons. The van der Waals surface area contributed by atoms with Gasteiger partial charge in [-0.3, -0.25) is 14.6 Å². The molecule has 0 aliphatic heterocycles. The van der Waals surface area contributed by atoms with Crippen LogP contribution < -0.4 is 0 Å². The van der Waals surface area contributed by atoms with Crippen molar-refractivity contribution in [1.82, 2.24) is 0 Å². The first-order valence-corrected chi connectivity index (χ1v) is 10.4. The molecule has 3 aromatic rings. The topological polar surface area (TPSA) is 55.7 Å². The van der Waals surface area contributed by atoms with Crippen LogP contribution >= 0.6 is 0 Å². The van der Waals surface area contributed by atoms with E-state index in [9.17, 15) is 9.59 Å². The molecule has 0 saturated heterocycles. The van der Waals surface area contributed by atoms with Crippen molar-refractivity contribution in [2.45, 2.75) is 26.7 Å². The first kappa shape index (κ1) is 22.2. The highest BCUT2D eigenvalue weighted by Crippen LogP contribution is 2.32. The second kappa shape index (κ2) is 10.5. The molecule has 0 spiro atoms. The van der Waals surface area contributed by atoms with Crippen molar-refractivity contribution in [2.24, 2.45) is 10.9 Å². The van der Waals surface area contributed by atoms with Crippen molar-refractivity contribution in [2.75, 3.05) is 6.61 Å². The molecule has 4 nitrogen and oxygen atoms in total. The average Bonchev–Trinajstić information content (AvgIpc) is 2.77. The Morgan fingerprint density at radius 3 is 1.81 bits per heavy atom. The second-order valence-electron chi connectivity index (χ2n) is 7.42. The van der Waals surface area contributed by atoms with Crippen molar-refractivity contribution in [3.8, 4) is 0 Å². The molecular weight excluding hydrogens is 386 g/mol. The van der Waals surface area contributed by atoms with Crippen molar-refractivity contribution in [3.63, 3.8) is 0 Å². The van der Waals surface area contributed by atoms with Gasteiger partial charge in [-0.05, 0) is 44.0 Å². The summed E-state index contributed by atoms with van der Waals surface area (Å²) in [6.07, 6.45) is 0. The largest absolute Gasteiger partial charge is 0.465 e. The lowest BCUT2D eigenvalue weighted by molar-refractivity contribution is -0.148. The number of nitrogens with zero attached hydrogens (tertiary/aromatic N) is 1. The maximum atomic E-state index is 12.9. The Morgan fingerprint density at radius 2 is 1.35 bits per heavy atom. The summed E-state index contributed by atoms with van der Waals surface area (Å²) in [6, 6.07) is 27.3. The van der Waals surface area contributed by atoms with Crippen molar-refractivity contribution in [1.29, 1.82) is 0 Å². The van der Waals surface area contributed by atoms with Gasteiger partial charge in [0.15, 0.2) is 5.92 Å². The van der Waals surface area contributed by atoms with Gasteiger partial charge in [-0.15, -0.1) is 0 Å². The van der Waals surface area contributed by atoms with Crippen LogP contribution in [0, 0.1) is 12.8 Å². The SMILES string of the molecule is CCOC(=O)C(C(C)=O)C(=Nc1ccc(C)cc1)C(c1ccccc1)c1ccccc1. The van der Waals surface area contributed by atoms with Gasteiger partial charge >= 0.3 is 5.97 Å². The molecule has 1 unspecified atom stereocenters. The van der Waals surface area contributed by atoms with Crippen LogP contribution in [0.25, 0.3) is 0 Å². The first-order chi connectivity index (χ1) is 15.0. The lowest BCUT2D eigenvalue weighted by Crippen LogP contribution is -2.36. The highest BCUT2D eigenvalue weighted by atomic mass is 16.5. The van der Waals surface area contributed by atoms with Crippen molar-refractivity contribution in [3.05, 3.63) is 102 Å². The number of hydrogen-bond donors (Lipinski definition) is 0. The number of rotatable bonds is 8. The normalized spacial score (nSPS) is 12.5. The number of esters is 1. The zero-order chi connectivity index (χ0) is 22.2. The van der Waals surface area contributed by atoms with Crippen molar-refractivity contribution < 1.29 is 14.3 Å². The number of carbonyl (C=O) groups is 2. The van der Waals surface area contributed by atoms with Gasteiger partial charge in [0.05, 0.1) is 18.0 Å². The fourth-order valence-electron chi connectivity index (χ4n) is 3.61. The number of aliphatic imine (C=N–C) groups is 1. The second-order valence-corrected chi connectivity index (χ2v) is 7.42. The summed E-state index contributed by atoms with van der Waals surface area (Å²) in [4.78, 5) is 30.5. The van der Waals surface area contributed by atoms with Crippen LogP contribution in [0.2, 0.25) is 0 Å². The van der Waals surface area contributed by atoms with Gasteiger partial charge in [-0.25, -0.2) is 0 Å². The number of ketones is 1. The highest BCUT2D eigenvalue weighted by Gasteiger charge is 2.36. The highest BCUT2D eigenvalue weighted by molar-refractivity contribution is 6.21. The van der Waals surface area contributed by atoms with E-state index in [-0.39, 0.29) is 18.3 Å². The van der Waals surface area contributed by atoms with Gasteiger partial charge in [-0.2, -0.15) is 0 Å². The van der Waals surface area contributed by atoms with Crippen LogP contribution in [0.4, 0.5) is 5.69 Å². The molecule has 0 N–H and O–H groups in total. The molecule has 0 fully saturated rings. The van der Waals surface area contributed by atoms with Crippen LogP contribution in [0.3, 0.4) is 0 Å². The number of carbonyl (C=O) groups excluding carboxylic acids is 2. The molecule has 4 heteroatoms. The molecule has 31 heavy (non-hydrogen) atoms. The van der Waals surface area contributed by atoms with Crippen LogP contribution in [-0.4, -0.2) is 24.1 Å². The summed E-state index contributed by atoms with van der Waals surface area (Å²) in [5.41, 5.74) is 4.17. The van der Waals surface area contributed by atoms with E-state index in [0.29, 0.717) is 11.4 Å². The van der Waals surface area contributed by atoms with E-state index in [1.54, 1.807) is 6.92 Å². The summed E-state index contributed by atoms with van der Waals surface area (Å²) in [5, 5.41) is 0. The van der Waals surface area contributed by atoms with E-state index in [2.05, 4.69) is 0 Å². The predicted molar refractivity (Wildman–Crippen MR) is 124 cm³/mol. The monoisotopic (exact) mass is 413 g/mol. The summed E-state index contributed by atoms with van der Waals surface area (Å²) < 4.78 is 5.28. The first-order valence-electron chi connectivity index (χ1n) is 10.4. The fraction of sp³-hybridized carbons (Fsp3) is 0.222. The molecular formula is C27H27NO3. The maximum Gasteiger partial charge on any atom is 0.322 e. The summed E-state index contributed by atoms with van der Waals surface area (Å²) >= 11 is 0. The lowest BCUT2D eigenvalue weighted by Gasteiger charge is -2.25. The average molecular weight is 414 g/mol. The fourth-order valence-corrected chi connectivity index (χ4v) is 3.61. The molecule has 0 heterocycles. The van der Waals surface area contributed by atoms with E-state index in [1.807, 2.05) is 91.9 Å². The smallest absolute Gasteiger partial charge is 0.322 e. The van der Waals surface area contributed by atoms with Gasteiger partial charge in [0.1, 0.15) is 5.78 Å². The van der Waals surface area contributed by atoms with Crippen LogP contribution in [0.1, 0.15) is 36.5 Å². The van der Waals surface area contributed by atoms with Gasteiger partial charge in [-0.1, -0.05) is 78.4 Å². The van der Waals surface area contributed by atoms with Crippen LogP contribution in [-0.2, 0) is 14.3 Å². The summed E-state index contributed by atoms with van der Waals surface area (Å²) in [6.45, 7) is 5.35. The zero-order valence-electron chi connectivity index (χ0n) is 18.1. The molecule has 0 amide bonds. The number of benzene rings is 3. The Kier molecular flexibility index (Phi) is 7.50. The van der Waals surface area contributed by atoms with Crippen LogP contribution in [0.15, 0.2) is 89.9 Å². The van der Waals surface area contributed by atoms with E-state index >= 15 is 0 Å². The Bertz CT molecular complexity index is 1000. The minimum atomic E-state index is -1.09. The lowest BCUT2D eigenvalue weighted by atomic mass is 9.80. The van der Waals surface area contributed by atoms with E-state index in [1.165, 1.54) is 6.92 Å². The Hall–Kier alpha value is -3.53. The molecule has 0 aliphatic carbocycles. The Balaban J connectivity index is 2.26. The Labute approximate surface area is 183 Å². The van der Waals surface area contributed by atoms with Crippen LogP contribution in [0.5, 0.6) is 0 Å². The predicted octanol–water partition coefficient (Wildman–Crippen LogP) is 5.67. The molecule has 1 atom stereocenters. The summed E-state index contributed by atoms with van der Waals surface area (Å²) in [5.74, 6) is -2.33. The molecule has 0 aromatic heterocycles. The minimum absolute atomic E-state index is 0.196. The minimum Gasteiger partial charge on any atom is -0.465 e. The van der Waals surface area contributed by atoms with E-state index in [4.69, 9.17) is 9.73 Å². The zero-order valence-corrected chi connectivity index (χ0v) is 18.1. The third-order valence-corrected chi connectivity index (χ3v) is 5.08. The molecule has 3 aromatic carbocycles. The third-order valence-electron chi connectivity index (χ3n) is 5.08.